The van der Waals surface area contributed by atoms with Crippen LogP contribution in [0.3, 0.4) is 0 Å². The minimum atomic E-state index is -0.307. The molecule has 0 saturated heterocycles. The number of anilines is 1. The molecule has 8 nitrogen and oxygen atoms in total. The first-order valence-electron chi connectivity index (χ1n) is 4.63. The Morgan fingerprint density at radius 1 is 1.81 bits per heavy atom. The van der Waals surface area contributed by atoms with E-state index in [9.17, 15) is 4.79 Å². The second kappa shape index (κ2) is 5.01. The van der Waals surface area contributed by atoms with Crippen molar-refractivity contribution in [3.05, 3.63) is 11.8 Å². The van der Waals surface area contributed by atoms with Gasteiger partial charge in [-0.1, -0.05) is 5.16 Å². The van der Waals surface area contributed by atoms with Crippen LogP contribution in [0, 0.1) is 0 Å². The maximum atomic E-state index is 11.5. The van der Waals surface area contributed by atoms with Gasteiger partial charge in [0.15, 0.2) is 5.84 Å². The zero-order valence-electron chi connectivity index (χ0n) is 9.06. The van der Waals surface area contributed by atoms with Gasteiger partial charge in [0.1, 0.15) is 5.82 Å². The fraction of sp³-hybridized carbons (Fsp3) is 0.375. The van der Waals surface area contributed by atoms with E-state index in [1.807, 2.05) is 6.92 Å². The first-order chi connectivity index (χ1) is 7.60. The molecule has 0 aliphatic heterocycles. The molecule has 0 fully saturated rings. The Balaban J connectivity index is 2.82. The monoisotopic (exact) mass is 226 g/mol. The van der Waals surface area contributed by atoms with Gasteiger partial charge in [-0.15, -0.1) is 0 Å². The molecule has 2 amide bonds. The molecule has 0 aliphatic rings. The Labute approximate surface area is 92.1 Å². The topological polar surface area (TPSA) is 120 Å². The summed E-state index contributed by atoms with van der Waals surface area (Å²) in [5.74, 6) is 0.170. The number of hydrogen-bond acceptors (Lipinski definition) is 4. The molecule has 88 valence electrons. The second-order valence-electron chi connectivity index (χ2n) is 3.09. The van der Waals surface area contributed by atoms with Crippen LogP contribution >= 0.6 is 0 Å². The van der Waals surface area contributed by atoms with Gasteiger partial charge in [-0.2, -0.15) is 5.10 Å². The van der Waals surface area contributed by atoms with E-state index >= 15 is 0 Å². The number of nitrogens with zero attached hydrogens (tertiary/aromatic N) is 3. The predicted octanol–water partition coefficient (Wildman–Crippen LogP) is -0.0122. The molecule has 0 aliphatic carbocycles. The van der Waals surface area contributed by atoms with Crippen molar-refractivity contribution in [2.75, 3.05) is 18.9 Å². The standard InChI is InChI=1S/C8H14N6O2/c1-3-14(2)8(15)11-7-5(4-10-12-7)6(9)13-16/h4,16H,3H2,1-2H3,(H2,9,13)(H2,10,11,12,15). The molecule has 1 aromatic rings. The number of hydrogen-bond donors (Lipinski definition) is 4. The summed E-state index contributed by atoms with van der Waals surface area (Å²) in [5.41, 5.74) is 5.73. The number of oxime groups is 1. The van der Waals surface area contributed by atoms with Gasteiger partial charge in [0, 0.05) is 13.6 Å². The average Bonchev–Trinajstić information content (AvgIpc) is 2.74. The number of H-pyrrole nitrogens is 1. The van der Waals surface area contributed by atoms with E-state index in [0.717, 1.165) is 0 Å². The first kappa shape index (κ1) is 11.8. The highest BCUT2D eigenvalue weighted by Crippen LogP contribution is 2.10. The van der Waals surface area contributed by atoms with E-state index < -0.39 is 0 Å². The van der Waals surface area contributed by atoms with E-state index in [1.54, 1.807) is 7.05 Å². The number of rotatable bonds is 3. The summed E-state index contributed by atoms with van der Waals surface area (Å²) in [5, 5.41) is 20.2. The summed E-state index contributed by atoms with van der Waals surface area (Å²) in [6.07, 6.45) is 1.36. The molecule has 0 atom stereocenters. The first-order valence-corrected chi connectivity index (χ1v) is 4.63. The third kappa shape index (κ3) is 2.41. The SMILES string of the molecule is CCN(C)C(=O)Nc1[nH]ncc1C(N)=NO. The Morgan fingerprint density at radius 2 is 2.50 bits per heavy atom. The molecule has 1 heterocycles. The van der Waals surface area contributed by atoms with E-state index in [1.165, 1.54) is 11.1 Å². The highest BCUT2D eigenvalue weighted by Gasteiger charge is 2.13. The van der Waals surface area contributed by atoms with Gasteiger partial charge in [0.05, 0.1) is 11.8 Å². The number of aromatic amines is 1. The van der Waals surface area contributed by atoms with Crippen molar-refractivity contribution in [2.24, 2.45) is 10.9 Å². The third-order valence-electron chi connectivity index (χ3n) is 2.08. The molecule has 0 spiro atoms. The molecule has 0 bridgehead atoms. The quantitative estimate of drug-likeness (QED) is 0.251. The van der Waals surface area contributed by atoms with Gasteiger partial charge in [0.25, 0.3) is 0 Å². The number of nitrogens with two attached hydrogens (primary N) is 1. The third-order valence-corrected chi connectivity index (χ3v) is 2.08. The molecule has 8 heteroatoms. The number of amidine groups is 1. The molecule has 1 aromatic heterocycles. The van der Waals surface area contributed by atoms with Gasteiger partial charge >= 0.3 is 6.03 Å². The lowest BCUT2D eigenvalue weighted by Crippen LogP contribution is -2.31. The predicted molar refractivity (Wildman–Crippen MR) is 58.4 cm³/mol. The molecule has 5 N–H and O–H groups in total. The summed E-state index contributed by atoms with van der Waals surface area (Å²) in [7, 11) is 1.65. The maximum Gasteiger partial charge on any atom is 0.322 e. The van der Waals surface area contributed by atoms with Crippen LogP contribution in [0.4, 0.5) is 10.6 Å². The zero-order chi connectivity index (χ0) is 12.1. The number of carbonyl (C=O) groups is 1. The summed E-state index contributed by atoms with van der Waals surface area (Å²) in [6, 6.07) is -0.307. The fourth-order valence-electron chi connectivity index (χ4n) is 0.975. The minimum absolute atomic E-state index is 0.122. The number of amides is 2. The van der Waals surface area contributed by atoms with Crippen LogP contribution in [-0.4, -0.2) is 45.8 Å². The number of carbonyl (C=O) groups excluding carboxylic acids is 1. The Morgan fingerprint density at radius 3 is 3.06 bits per heavy atom. The van der Waals surface area contributed by atoms with Crippen LogP contribution in [0.25, 0.3) is 0 Å². The van der Waals surface area contributed by atoms with Gasteiger partial charge in [-0.3, -0.25) is 10.4 Å². The number of nitrogens with one attached hydrogen (secondary N) is 2. The van der Waals surface area contributed by atoms with Crippen LogP contribution in [0.2, 0.25) is 0 Å². The van der Waals surface area contributed by atoms with Crippen LogP contribution < -0.4 is 11.1 Å². The van der Waals surface area contributed by atoms with Gasteiger partial charge in [-0.25, -0.2) is 4.79 Å². The van der Waals surface area contributed by atoms with Crippen molar-refractivity contribution in [3.63, 3.8) is 0 Å². The van der Waals surface area contributed by atoms with E-state index in [2.05, 4.69) is 20.7 Å². The second-order valence-corrected chi connectivity index (χ2v) is 3.09. The lowest BCUT2D eigenvalue weighted by atomic mass is 10.3. The molecule has 0 unspecified atom stereocenters. The Kier molecular flexibility index (Phi) is 3.70. The van der Waals surface area contributed by atoms with Gasteiger partial charge in [0.2, 0.25) is 0 Å². The van der Waals surface area contributed by atoms with Crippen molar-refractivity contribution in [1.29, 1.82) is 0 Å². The zero-order valence-corrected chi connectivity index (χ0v) is 9.06. The van der Waals surface area contributed by atoms with Gasteiger partial charge in [-0.05, 0) is 6.92 Å². The Hall–Kier alpha value is -2.25. The lowest BCUT2D eigenvalue weighted by Gasteiger charge is -2.14. The van der Waals surface area contributed by atoms with Crippen LogP contribution in [0.15, 0.2) is 11.4 Å². The van der Waals surface area contributed by atoms with Gasteiger partial charge < -0.3 is 15.8 Å². The van der Waals surface area contributed by atoms with Crippen molar-refractivity contribution in [2.45, 2.75) is 6.92 Å². The fourth-order valence-corrected chi connectivity index (χ4v) is 0.975. The smallest absolute Gasteiger partial charge is 0.322 e. The van der Waals surface area contributed by atoms with E-state index in [-0.39, 0.29) is 11.9 Å². The van der Waals surface area contributed by atoms with E-state index in [4.69, 9.17) is 10.9 Å². The number of aromatic nitrogens is 2. The van der Waals surface area contributed by atoms with Crippen molar-refractivity contribution in [3.8, 4) is 0 Å². The summed E-state index contributed by atoms with van der Waals surface area (Å²) < 4.78 is 0. The minimum Gasteiger partial charge on any atom is -0.409 e. The molecule has 16 heavy (non-hydrogen) atoms. The normalized spacial score (nSPS) is 11.2. The Bertz CT molecular complexity index is 399. The molecular weight excluding hydrogens is 212 g/mol. The van der Waals surface area contributed by atoms with E-state index in [0.29, 0.717) is 17.9 Å². The summed E-state index contributed by atoms with van der Waals surface area (Å²) >= 11 is 0. The highest BCUT2D eigenvalue weighted by molar-refractivity contribution is 6.04. The molecule has 0 saturated carbocycles. The van der Waals surface area contributed by atoms with Crippen LogP contribution in [0.1, 0.15) is 12.5 Å². The summed E-state index contributed by atoms with van der Waals surface area (Å²) in [6.45, 7) is 2.41. The number of urea groups is 1. The maximum absolute atomic E-state index is 11.5. The van der Waals surface area contributed by atoms with Crippen molar-refractivity contribution < 1.29 is 10.0 Å². The van der Waals surface area contributed by atoms with Crippen molar-refractivity contribution in [1.82, 2.24) is 15.1 Å². The molecule has 1 rings (SSSR count). The molecular formula is C8H14N6O2. The highest BCUT2D eigenvalue weighted by atomic mass is 16.4. The lowest BCUT2D eigenvalue weighted by molar-refractivity contribution is 0.224. The summed E-state index contributed by atoms with van der Waals surface area (Å²) in [4.78, 5) is 13.0. The van der Waals surface area contributed by atoms with Crippen molar-refractivity contribution >= 4 is 17.7 Å². The van der Waals surface area contributed by atoms with Crippen LogP contribution in [0.5, 0.6) is 0 Å². The molecule has 0 radical (unpaired) electrons. The largest absolute Gasteiger partial charge is 0.409 e. The average molecular weight is 226 g/mol. The molecule has 0 aromatic carbocycles. The van der Waals surface area contributed by atoms with Crippen LogP contribution in [-0.2, 0) is 0 Å².